The van der Waals surface area contributed by atoms with Crippen molar-refractivity contribution in [2.24, 2.45) is 0 Å². The Morgan fingerprint density at radius 1 is 1.08 bits per heavy atom. The number of nitrogens with one attached hydrogen (secondary N) is 1. The Balaban J connectivity index is 1.33. The Bertz CT molecular complexity index is 2370. The third-order valence-corrected chi connectivity index (χ3v) is 15.0. The quantitative estimate of drug-likeness (QED) is 0.0975. The Morgan fingerprint density at radius 2 is 1.89 bits per heavy atom. The fraction of sp³-hybridized carbons (Fsp3) is 0.500. The van der Waals surface area contributed by atoms with E-state index in [2.05, 4.69) is 40.8 Å². The lowest BCUT2D eigenvalue weighted by Crippen LogP contribution is -2.70. The molecule has 61 heavy (non-hydrogen) atoms. The summed E-state index contributed by atoms with van der Waals surface area (Å²) in [7, 11) is 3.01. The van der Waals surface area contributed by atoms with Crippen LogP contribution in [0.4, 0.5) is 0 Å². The third-order valence-electron chi connectivity index (χ3n) is 13.6. The van der Waals surface area contributed by atoms with Crippen LogP contribution in [0.3, 0.4) is 0 Å². The lowest BCUT2D eigenvalue weighted by Gasteiger charge is -2.62. The minimum Gasteiger partial charge on any atom is -0.504 e. The van der Waals surface area contributed by atoms with E-state index in [-0.39, 0.29) is 54.8 Å². The normalized spacial score (nSPS) is 27.2. The van der Waals surface area contributed by atoms with Gasteiger partial charge in [0.1, 0.15) is 18.4 Å². The molecule has 0 aliphatic carbocycles. The molecule has 4 bridgehead atoms. The number of esters is 2. The summed E-state index contributed by atoms with van der Waals surface area (Å²) in [6, 6.07) is 5.14. The van der Waals surface area contributed by atoms with Gasteiger partial charge in [0.2, 0.25) is 6.79 Å². The van der Waals surface area contributed by atoms with Crippen LogP contribution in [0.2, 0.25) is 0 Å². The van der Waals surface area contributed by atoms with E-state index in [1.54, 1.807) is 19.2 Å². The molecule has 0 radical (unpaired) electrons. The summed E-state index contributed by atoms with van der Waals surface area (Å²) in [5.41, 5.74) is 4.40. The summed E-state index contributed by atoms with van der Waals surface area (Å²) in [5, 5.41) is 37.5. The molecule has 7 aliphatic heterocycles. The summed E-state index contributed by atoms with van der Waals surface area (Å²) >= 11 is 1.49. The van der Waals surface area contributed by atoms with Crippen molar-refractivity contribution in [2.45, 2.75) is 100 Å². The van der Waals surface area contributed by atoms with Crippen LogP contribution in [-0.2, 0) is 32.7 Å². The van der Waals surface area contributed by atoms with Gasteiger partial charge < -0.3 is 38.6 Å². The number of ether oxygens (including phenoxy) is 6. The van der Waals surface area contributed by atoms with Gasteiger partial charge in [-0.3, -0.25) is 19.9 Å². The zero-order valence-electron chi connectivity index (χ0n) is 35.2. The number of methoxy groups -OCH3 is 2. The molecule has 15 heteroatoms. The van der Waals surface area contributed by atoms with Crippen LogP contribution in [0.25, 0.3) is 0 Å². The standard InChI is InChI=1S/C46H52N4O10S/c1-7-9-10-11-33(52)60-41-24(4)42-43(59-22-58-42)35-30-20-57-45(54)46(27-18-32(55-5)31(51)17-25(27)12-13-48-46)21-61-44(36(35)41)38-37-34-26(15-23(3)40(56-6)39(34)53)16-28(49(37)14-8-2)29(19-47)50(30)38/h8,15,17-18,28-30,37-38,44,48,51,53H,2,7,9-14,16,20-22H2,1,3-6H3/t28-,29+,30-,37+,38?,44-,46-/m1/s1. The number of nitriles is 1. The molecule has 7 aliphatic rings. The number of piperazine rings is 1. The van der Waals surface area contributed by atoms with Crippen molar-refractivity contribution in [2.75, 3.05) is 46.5 Å². The molecule has 0 amide bonds. The molecule has 2 fully saturated rings. The molecule has 2 saturated heterocycles. The predicted molar refractivity (Wildman–Crippen MR) is 226 cm³/mol. The van der Waals surface area contributed by atoms with E-state index in [1.165, 1.54) is 18.9 Å². The molecule has 3 aromatic rings. The number of hydrogen-bond acceptors (Lipinski definition) is 15. The molecule has 322 valence electrons. The van der Waals surface area contributed by atoms with Gasteiger partial charge >= 0.3 is 11.9 Å². The maximum absolute atomic E-state index is 14.9. The van der Waals surface area contributed by atoms with E-state index >= 15 is 0 Å². The summed E-state index contributed by atoms with van der Waals surface area (Å²) in [6.07, 6.45) is 5.54. The topological polar surface area (TPSA) is 172 Å². The average molecular weight is 853 g/mol. The number of aromatic hydroxyl groups is 2. The number of hydrogen-bond donors (Lipinski definition) is 3. The van der Waals surface area contributed by atoms with Crippen molar-refractivity contribution in [3.63, 3.8) is 0 Å². The first-order valence-electron chi connectivity index (χ1n) is 21.1. The maximum atomic E-state index is 14.9. The highest BCUT2D eigenvalue weighted by atomic mass is 32.2. The third kappa shape index (κ3) is 6.23. The van der Waals surface area contributed by atoms with Gasteiger partial charge in [0.15, 0.2) is 40.0 Å². The van der Waals surface area contributed by atoms with Gasteiger partial charge in [-0.15, -0.1) is 18.3 Å². The molecule has 7 heterocycles. The number of rotatable bonds is 9. The molecule has 14 nitrogen and oxygen atoms in total. The Labute approximate surface area is 359 Å². The van der Waals surface area contributed by atoms with Crippen molar-refractivity contribution in [1.29, 1.82) is 5.26 Å². The van der Waals surface area contributed by atoms with E-state index in [4.69, 9.17) is 28.4 Å². The van der Waals surface area contributed by atoms with E-state index in [0.717, 1.165) is 29.5 Å². The maximum Gasteiger partial charge on any atom is 0.331 e. The average Bonchev–Trinajstić information content (AvgIpc) is 3.74. The largest absolute Gasteiger partial charge is 0.504 e. The Hall–Kier alpha value is -5.14. The number of phenols is 2. The Kier molecular flexibility index (Phi) is 10.8. The van der Waals surface area contributed by atoms with Crippen LogP contribution in [0.5, 0.6) is 40.2 Å². The fourth-order valence-electron chi connectivity index (χ4n) is 11.0. The van der Waals surface area contributed by atoms with Crippen LogP contribution < -0.4 is 29.0 Å². The molecule has 10 rings (SSSR count). The van der Waals surface area contributed by atoms with Crippen molar-refractivity contribution >= 4 is 23.7 Å². The smallest absolute Gasteiger partial charge is 0.331 e. The fourth-order valence-corrected chi connectivity index (χ4v) is 12.7. The van der Waals surface area contributed by atoms with Gasteiger partial charge in [-0.2, -0.15) is 5.26 Å². The number of benzene rings is 3. The van der Waals surface area contributed by atoms with Gasteiger partial charge in [0.05, 0.1) is 37.6 Å². The number of fused-ring (bicyclic) bond motifs is 9. The first-order valence-corrected chi connectivity index (χ1v) is 22.1. The lowest BCUT2D eigenvalue weighted by molar-refractivity contribution is -0.157. The van der Waals surface area contributed by atoms with E-state index in [0.29, 0.717) is 83.2 Å². The summed E-state index contributed by atoms with van der Waals surface area (Å²) < 4.78 is 36.9. The summed E-state index contributed by atoms with van der Waals surface area (Å²) in [6.45, 7) is 10.6. The highest BCUT2D eigenvalue weighted by Crippen LogP contribution is 2.65. The number of phenolic OH excluding ortho intramolecular Hbond substituents is 2. The highest BCUT2D eigenvalue weighted by Gasteiger charge is 2.62. The number of carbonyl (C=O) groups is 2. The number of unbranched alkanes of at least 4 members (excludes halogenated alkanes) is 2. The minimum atomic E-state index is -1.39. The van der Waals surface area contributed by atoms with E-state index < -0.39 is 40.9 Å². The summed E-state index contributed by atoms with van der Waals surface area (Å²) in [5.74, 6) is 1.13. The zero-order valence-corrected chi connectivity index (χ0v) is 36.0. The Morgan fingerprint density at radius 3 is 2.62 bits per heavy atom. The molecule has 1 spiro atoms. The molecule has 0 aromatic heterocycles. The summed E-state index contributed by atoms with van der Waals surface area (Å²) in [4.78, 5) is 33.3. The van der Waals surface area contributed by atoms with Crippen LogP contribution in [0, 0.1) is 25.2 Å². The van der Waals surface area contributed by atoms with Crippen LogP contribution in [-0.4, -0.2) is 96.5 Å². The van der Waals surface area contributed by atoms with Crippen molar-refractivity contribution in [3.8, 4) is 46.3 Å². The number of nitrogens with zero attached hydrogens (tertiary/aromatic N) is 3. The van der Waals surface area contributed by atoms with Gasteiger partial charge in [0, 0.05) is 59.6 Å². The molecule has 1 unspecified atom stereocenters. The first kappa shape index (κ1) is 41.2. The van der Waals surface area contributed by atoms with Gasteiger partial charge in [0.25, 0.3) is 0 Å². The zero-order chi connectivity index (χ0) is 42.9. The molecule has 3 aromatic carbocycles. The van der Waals surface area contributed by atoms with E-state index in [1.807, 2.05) is 19.9 Å². The van der Waals surface area contributed by atoms with Crippen molar-refractivity contribution < 1.29 is 48.2 Å². The lowest BCUT2D eigenvalue weighted by atomic mass is 9.71. The van der Waals surface area contributed by atoms with Crippen LogP contribution in [0.1, 0.15) is 94.4 Å². The molecular formula is C46H52N4O10S. The van der Waals surface area contributed by atoms with Crippen LogP contribution >= 0.6 is 11.8 Å². The molecule has 0 saturated carbocycles. The van der Waals surface area contributed by atoms with Gasteiger partial charge in [-0.25, -0.2) is 4.79 Å². The molecule has 7 atom stereocenters. The minimum absolute atomic E-state index is 0.0252. The van der Waals surface area contributed by atoms with Gasteiger partial charge in [-0.05, 0) is 67.5 Å². The van der Waals surface area contributed by atoms with E-state index in [9.17, 15) is 25.1 Å². The van der Waals surface area contributed by atoms with Crippen LogP contribution in [0.15, 0.2) is 30.9 Å². The first-order chi connectivity index (χ1) is 29.5. The second kappa shape index (κ2) is 16.0. The number of thioether (sulfide) groups is 1. The number of aryl methyl sites for hydroxylation is 1. The highest BCUT2D eigenvalue weighted by molar-refractivity contribution is 7.99. The molecular weight excluding hydrogens is 801 g/mol. The van der Waals surface area contributed by atoms with Crippen molar-refractivity contribution in [3.05, 3.63) is 75.4 Å². The predicted octanol–water partition coefficient (Wildman–Crippen LogP) is 6.10. The SMILES string of the molecule is C=CCN1[C@@H]2Cc3cc(C)c(OC)c(O)c3[C@H]1C1[C@@H]3SC[C@]4(NCCc5cc(O)c(OC)cc54)C(=O)OC[C@H](c4c5c(c(C)c(OC(=O)CCCCC)c43)OCO5)N1[C@H]2C#N. The van der Waals surface area contributed by atoms with Crippen molar-refractivity contribution in [1.82, 2.24) is 15.1 Å². The molecule has 3 N–H and O–H groups in total. The second-order valence-corrected chi connectivity index (χ2v) is 17.9. The number of carbonyl (C=O) groups excluding carboxylic acids is 2. The van der Waals surface area contributed by atoms with Gasteiger partial charge in [-0.1, -0.05) is 31.9 Å². The second-order valence-electron chi connectivity index (χ2n) is 16.7. The monoisotopic (exact) mass is 852 g/mol.